The first-order chi connectivity index (χ1) is 10.1. The molecule has 1 saturated carbocycles. The first-order valence-electron chi connectivity index (χ1n) is 7.39. The molecule has 1 aromatic heterocycles. The number of aryl methyl sites for hydroxylation is 2. The van der Waals surface area contributed by atoms with Crippen LogP contribution in [0, 0.1) is 13.8 Å². The first kappa shape index (κ1) is 13.9. The first-order valence-corrected chi connectivity index (χ1v) is 7.39. The molecule has 0 radical (unpaired) electrons. The summed E-state index contributed by atoms with van der Waals surface area (Å²) in [4.78, 5) is 27.3. The number of aromatic nitrogens is 1. The van der Waals surface area contributed by atoms with Crippen molar-refractivity contribution in [3.8, 4) is 0 Å². The lowest BCUT2D eigenvalue weighted by Gasteiger charge is -2.20. The van der Waals surface area contributed by atoms with Crippen LogP contribution in [0.2, 0.25) is 0 Å². The highest BCUT2D eigenvalue weighted by Gasteiger charge is 2.26. The Morgan fingerprint density at radius 2 is 2.10 bits per heavy atom. The fraction of sp³-hybridized carbons (Fsp3) is 0.412. The van der Waals surface area contributed by atoms with Gasteiger partial charge in [-0.1, -0.05) is 0 Å². The number of esters is 1. The second-order valence-electron chi connectivity index (χ2n) is 5.74. The Morgan fingerprint density at radius 1 is 1.29 bits per heavy atom. The average Bonchev–Trinajstić information content (AvgIpc) is 2.76. The van der Waals surface area contributed by atoms with Gasteiger partial charge in [-0.05, 0) is 56.9 Å². The smallest absolute Gasteiger partial charge is 0.338 e. The number of benzene rings is 1. The van der Waals surface area contributed by atoms with Crippen LogP contribution in [-0.2, 0) is 9.53 Å². The third-order valence-electron chi connectivity index (χ3n) is 4.29. The van der Waals surface area contributed by atoms with E-state index in [4.69, 9.17) is 4.74 Å². The number of H-pyrrole nitrogens is 1. The van der Waals surface area contributed by atoms with Crippen molar-refractivity contribution < 1.29 is 14.3 Å². The topological polar surface area (TPSA) is 59.2 Å². The number of hydrogen-bond acceptors (Lipinski definition) is 3. The Kier molecular flexibility index (Phi) is 3.53. The number of aromatic amines is 1. The van der Waals surface area contributed by atoms with Crippen LogP contribution in [0.3, 0.4) is 0 Å². The van der Waals surface area contributed by atoms with Crippen LogP contribution in [-0.4, -0.2) is 22.8 Å². The molecule has 1 atom stereocenters. The summed E-state index contributed by atoms with van der Waals surface area (Å²) in [7, 11) is 0. The Balaban J connectivity index is 1.84. The molecular formula is C17H19NO3. The van der Waals surface area contributed by atoms with E-state index in [1.165, 1.54) is 0 Å². The molecule has 2 aromatic rings. The summed E-state index contributed by atoms with van der Waals surface area (Å²) in [6.45, 7) is 4.03. The summed E-state index contributed by atoms with van der Waals surface area (Å²) >= 11 is 0. The van der Waals surface area contributed by atoms with Crippen LogP contribution in [0.5, 0.6) is 0 Å². The van der Waals surface area contributed by atoms with Crippen molar-refractivity contribution in [3.05, 3.63) is 35.0 Å². The molecule has 0 spiro atoms. The van der Waals surface area contributed by atoms with Gasteiger partial charge >= 0.3 is 5.97 Å². The minimum Gasteiger partial charge on any atom is -0.451 e. The van der Waals surface area contributed by atoms with E-state index in [-0.39, 0.29) is 5.78 Å². The molecule has 1 aromatic carbocycles. The number of hydrogen-bond donors (Lipinski definition) is 1. The van der Waals surface area contributed by atoms with Crippen molar-refractivity contribution in [2.45, 2.75) is 45.6 Å². The summed E-state index contributed by atoms with van der Waals surface area (Å²) < 4.78 is 5.39. The minimum atomic E-state index is -0.559. The van der Waals surface area contributed by atoms with Gasteiger partial charge in [0, 0.05) is 23.0 Å². The number of ketones is 1. The normalized spacial score (nSPS) is 19.0. The zero-order valence-electron chi connectivity index (χ0n) is 12.4. The molecule has 1 heterocycles. The number of fused-ring (bicyclic) bond motifs is 1. The lowest BCUT2D eigenvalue weighted by molar-refractivity contribution is -0.129. The van der Waals surface area contributed by atoms with Gasteiger partial charge in [0.15, 0.2) is 11.9 Å². The standard InChI is InChI=1S/C17H19NO3/c1-10-11(2)18-14-8-7-12(9-13(10)14)17(20)21-16-6-4-3-5-15(16)19/h7-9,16,18H,3-6H2,1-2H3/t16-/m0/s1. The van der Waals surface area contributed by atoms with E-state index in [9.17, 15) is 9.59 Å². The molecular weight excluding hydrogens is 266 g/mol. The molecule has 0 unspecified atom stereocenters. The van der Waals surface area contributed by atoms with E-state index in [1.54, 1.807) is 6.07 Å². The van der Waals surface area contributed by atoms with E-state index in [0.717, 1.165) is 35.0 Å². The largest absolute Gasteiger partial charge is 0.451 e. The molecule has 110 valence electrons. The fourth-order valence-corrected chi connectivity index (χ4v) is 2.86. The second-order valence-corrected chi connectivity index (χ2v) is 5.74. The van der Waals surface area contributed by atoms with Crippen LogP contribution < -0.4 is 0 Å². The number of carbonyl (C=O) groups is 2. The Hall–Kier alpha value is -2.10. The minimum absolute atomic E-state index is 0.0457. The van der Waals surface area contributed by atoms with Crippen molar-refractivity contribution >= 4 is 22.7 Å². The van der Waals surface area contributed by atoms with Crippen LogP contribution in [0.4, 0.5) is 0 Å². The van der Waals surface area contributed by atoms with E-state index in [1.807, 2.05) is 26.0 Å². The molecule has 0 aliphatic heterocycles. The van der Waals surface area contributed by atoms with Crippen molar-refractivity contribution in [1.29, 1.82) is 0 Å². The van der Waals surface area contributed by atoms with E-state index < -0.39 is 12.1 Å². The number of nitrogens with one attached hydrogen (secondary N) is 1. The number of carbonyl (C=O) groups excluding carboxylic acids is 2. The fourth-order valence-electron chi connectivity index (χ4n) is 2.86. The van der Waals surface area contributed by atoms with Crippen molar-refractivity contribution in [2.75, 3.05) is 0 Å². The van der Waals surface area contributed by atoms with Gasteiger partial charge in [-0.15, -0.1) is 0 Å². The van der Waals surface area contributed by atoms with Gasteiger partial charge in [0.05, 0.1) is 5.56 Å². The highest BCUT2D eigenvalue weighted by molar-refractivity contribution is 5.97. The van der Waals surface area contributed by atoms with Crippen LogP contribution in [0.1, 0.15) is 47.3 Å². The Bertz CT molecular complexity index is 714. The van der Waals surface area contributed by atoms with Crippen LogP contribution in [0.15, 0.2) is 18.2 Å². The lowest BCUT2D eigenvalue weighted by atomic mass is 9.96. The van der Waals surface area contributed by atoms with Gasteiger partial charge < -0.3 is 9.72 Å². The summed E-state index contributed by atoms with van der Waals surface area (Å²) in [6, 6.07) is 5.46. The number of ether oxygens (including phenoxy) is 1. The molecule has 3 rings (SSSR count). The zero-order chi connectivity index (χ0) is 15.0. The van der Waals surface area contributed by atoms with Crippen LogP contribution >= 0.6 is 0 Å². The van der Waals surface area contributed by atoms with Gasteiger partial charge in [0.2, 0.25) is 0 Å². The lowest BCUT2D eigenvalue weighted by Crippen LogP contribution is -2.30. The molecule has 0 saturated heterocycles. The summed E-state index contributed by atoms with van der Waals surface area (Å²) in [6.07, 6.45) is 2.46. The average molecular weight is 285 g/mol. The molecule has 0 bridgehead atoms. The molecule has 1 aliphatic carbocycles. The summed E-state index contributed by atoms with van der Waals surface area (Å²) in [5.74, 6) is -0.361. The Labute approximate surface area is 123 Å². The maximum Gasteiger partial charge on any atom is 0.338 e. The summed E-state index contributed by atoms with van der Waals surface area (Å²) in [5.41, 5.74) is 3.74. The van der Waals surface area contributed by atoms with Gasteiger partial charge in [0.25, 0.3) is 0 Å². The van der Waals surface area contributed by atoms with Crippen LogP contribution in [0.25, 0.3) is 10.9 Å². The van der Waals surface area contributed by atoms with Crippen molar-refractivity contribution in [3.63, 3.8) is 0 Å². The molecule has 21 heavy (non-hydrogen) atoms. The number of Topliss-reactive ketones (excluding diaryl/α,β-unsaturated/α-hetero) is 1. The highest BCUT2D eigenvalue weighted by Crippen LogP contribution is 2.24. The van der Waals surface area contributed by atoms with E-state index in [2.05, 4.69) is 4.98 Å². The molecule has 1 N–H and O–H groups in total. The predicted molar refractivity (Wildman–Crippen MR) is 80.5 cm³/mol. The van der Waals surface area contributed by atoms with Gasteiger partial charge in [-0.3, -0.25) is 4.79 Å². The quantitative estimate of drug-likeness (QED) is 0.860. The maximum absolute atomic E-state index is 12.2. The zero-order valence-corrected chi connectivity index (χ0v) is 12.4. The van der Waals surface area contributed by atoms with Crippen molar-refractivity contribution in [2.24, 2.45) is 0 Å². The van der Waals surface area contributed by atoms with E-state index in [0.29, 0.717) is 18.4 Å². The van der Waals surface area contributed by atoms with Gasteiger partial charge in [-0.25, -0.2) is 4.79 Å². The van der Waals surface area contributed by atoms with Crippen molar-refractivity contribution in [1.82, 2.24) is 4.98 Å². The van der Waals surface area contributed by atoms with Gasteiger partial charge in [-0.2, -0.15) is 0 Å². The second kappa shape index (κ2) is 5.35. The monoisotopic (exact) mass is 285 g/mol. The highest BCUT2D eigenvalue weighted by atomic mass is 16.5. The summed E-state index contributed by atoms with van der Waals surface area (Å²) in [5, 5.41) is 1.02. The van der Waals surface area contributed by atoms with Gasteiger partial charge in [0.1, 0.15) is 0 Å². The molecule has 1 aliphatic rings. The maximum atomic E-state index is 12.2. The molecule has 1 fully saturated rings. The SMILES string of the molecule is Cc1[nH]c2ccc(C(=O)O[C@H]3CCCCC3=O)cc2c1C. The molecule has 4 nitrogen and oxygen atoms in total. The third kappa shape index (κ3) is 2.58. The third-order valence-corrected chi connectivity index (χ3v) is 4.29. The van der Waals surface area contributed by atoms with E-state index >= 15 is 0 Å². The predicted octanol–water partition coefficient (Wildman–Crippen LogP) is 3.45. The molecule has 4 heteroatoms. The Morgan fingerprint density at radius 3 is 2.86 bits per heavy atom. The number of rotatable bonds is 2. The molecule has 0 amide bonds.